The van der Waals surface area contributed by atoms with Crippen LogP contribution < -0.4 is 10.2 Å². The van der Waals surface area contributed by atoms with Gasteiger partial charge in [-0.2, -0.15) is 5.10 Å². The van der Waals surface area contributed by atoms with Crippen LogP contribution >= 0.6 is 0 Å². The SMILES string of the molecule is C=C(Nc1cccnc1)c1n[nH]c2ccc(-c3cncc(N4CCCC4)c3)cc12. The highest BCUT2D eigenvalue weighted by Gasteiger charge is 2.15. The summed E-state index contributed by atoms with van der Waals surface area (Å²) in [5, 5.41) is 11.9. The summed E-state index contributed by atoms with van der Waals surface area (Å²) in [6.45, 7) is 6.39. The molecule has 0 spiro atoms. The molecule has 0 amide bonds. The quantitative estimate of drug-likeness (QED) is 0.523. The average Bonchev–Trinajstić information content (AvgIpc) is 3.44. The van der Waals surface area contributed by atoms with E-state index in [0.29, 0.717) is 0 Å². The first-order valence-electron chi connectivity index (χ1n) is 9.83. The van der Waals surface area contributed by atoms with Crippen LogP contribution in [0.15, 0.2) is 67.8 Å². The number of hydrogen-bond acceptors (Lipinski definition) is 5. The lowest BCUT2D eigenvalue weighted by atomic mass is 10.0. The Morgan fingerprint density at radius 1 is 1.00 bits per heavy atom. The molecule has 1 fully saturated rings. The molecule has 2 N–H and O–H groups in total. The van der Waals surface area contributed by atoms with Crippen molar-refractivity contribution in [1.29, 1.82) is 0 Å². The van der Waals surface area contributed by atoms with Gasteiger partial charge in [0.15, 0.2) is 0 Å². The van der Waals surface area contributed by atoms with Crippen molar-refractivity contribution in [3.63, 3.8) is 0 Å². The zero-order valence-electron chi connectivity index (χ0n) is 16.1. The number of hydrogen-bond donors (Lipinski definition) is 2. The van der Waals surface area contributed by atoms with E-state index in [4.69, 9.17) is 0 Å². The second-order valence-corrected chi connectivity index (χ2v) is 7.30. The van der Waals surface area contributed by atoms with Gasteiger partial charge in [-0.3, -0.25) is 15.1 Å². The molecule has 0 saturated carbocycles. The van der Waals surface area contributed by atoms with Crippen molar-refractivity contribution in [3.05, 3.63) is 73.5 Å². The maximum atomic E-state index is 4.48. The van der Waals surface area contributed by atoms with E-state index >= 15 is 0 Å². The molecule has 3 aromatic heterocycles. The van der Waals surface area contributed by atoms with Gasteiger partial charge >= 0.3 is 0 Å². The molecule has 144 valence electrons. The van der Waals surface area contributed by atoms with E-state index in [1.807, 2.05) is 24.5 Å². The minimum absolute atomic E-state index is 0.727. The molecule has 1 aliphatic rings. The van der Waals surface area contributed by atoms with Crippen molar-refractivity contribution in [2.75, 3.05) is 23.3 Å². The molecule has 0 atom stereocenters. The third kappa shape index (κ3) is 3.45. The first-order chi connectivity index (χ1) is 14.3. The number of anilines is 2. The van der Waals surface area contributed by atoms with E-state index in [1.54, 1.807) is 12.4 Å². The summed E-state index contributed by atoms with van der Waals surface area (Å²) in [7, 11) is 0. The summed E-state index contributed by atoms with van der Waals surface area (Å²) in [5.41, 5.74) is 6.79. The molecule has 0 radical (unpaired) electrons. The van der Waals surface area contributed by atoms with Gasteiger partial charge in [0.05, 0.1) is 35.0 Å². The zero-order valence-corrected chi connectivity index (χ0v) is 16.1. The largest absolute Gasteiger partial charge is 0.370 e. The first-order valence-corrected chi connectivity index (χ1v) is 9.83. The van der Waals surface area contributed by atoms with Gasteiger partial charge in [0.25, 0.3) is 0 Å². The normalized spacial score (nSPS) is 13.7. The Kier molecular flexibility index (Phi) is 4.44. The number of benzene rings is 1. The predicted octanol–water partition coefficient (Wildman–Crippen LogP) is 4.70. The van der Waals surface area contributed by atoms with Crippen LogP contribution in [0.5, 0.6) is 0 Å². The molecular formula is C23H22N6. The predicted molar refractivity (Wildman–Crippen MR) is 118 cm³/mol. The second-order valence-electron chi connectivity index (χ2n) is 7.30. The summed E-state index contributed by atoms with van der Waals surface area (Å²) < 4.78 is 0. The molecule has 6 nitrogen and oxygen atoms in total. The molecule has 4 heterocycles. The van der Waals surface area contributed by atoms with Crippen molar-refractivity contribution < 1.29 is 0 Å². The smallest absolute Gasteiger partial charge is 0.116 e. The van der Waals surface area contributed by atoms with E-state index in [2.05, 4.69) is 61.2 Å². The van der Waals surface area contributed by atoms with E-state index < -0.39 is 0 Å². The lowest BCUT2D eigenvalue weighted by Gasteiger charge is -2.17. The number of nitrogens with one attached hydrogen (secondary N) is 2. The van der Waals surface area contributed by atoms with E-state index in [0.717, 1.165) is 52.2 Å². The molecule has 6 heteroatoms. The van der Waals surface area contributed by atoms with Crippen LogP contribution in [0, 0.1) is 0 Å². The zero-order chi connectivity index (χ0) is 19.6. The maximum Gasteiger partial charge on any atom is 0.116 e. The van der Waals surface area contributed by atoms with Gasteiger partial charge in [0.2, 0.25) is 0 Å². The van der Waals surface area contributed by atoms with Gasteiger partial charge in [-0.05, 0) is 48.7 Å². The molecular weight excluding hydrogens is 360 g/mol. The number of aromatic nitrogens is 4. The Morgan fingerprint density at radius 2 is 1.90 bits per heavy atom. The summed E-state index contributed by atoms with van der Waals surface area (Å²) in [4.78, 5) is 11.0. The fourth-order valence-corrected chi connectivity index (χ4v) is 3.83. The van der Waals surface area contributed by atoms with E-state index in [9.17, 15) is 0 Å². The van der Waals surface area contributed by atoms with Crippen LogP contribution in [0.4, 0.5) is 11.4 Å². The summed E-state index contributed by atoms with van der Waals surface area (Å²) >= 11 is 0. The summed E-state index contributed by atoms with van der Waals surface area (Å²) in [6, 6.07) is 12.4. The van der Waals surface area contributed by atoms with Crippen molar-refractivity contribution in [3.8, 4) is 11.1 Å². The molecule has 0 bridgehead atoms. The van der Waals surface area contributed by atoms with Crippen molar-refractivity contribution >= 4 is 28.0 Å². The van der Waals surface area contributed by atoms with E-state index in [-0.39, 0.29) is 0 Å². The molecule has 1 saturated heterocycles. The topological polar surface area (TPSA) is 69.7 Å². The average molecular weight is 382 g/mol. The monoisotopic (exact) mass is 382 g/mol. The second kappa shape index (κ2) is 7.39. The van der Waals surface area contributed by atoms with Gasteiger partial charge in [-0.15, -0.1) is 0 Å². The number of nitrogens with zero attached hydrogens (tertiary/aromatic N) is 4. The van der Waals surface area contributed by atoms with Crippen LogP contribution in [0.2, 0.25) is 0 Å². The highest BCUT2D eigenvalue weighted by atomic mass is 15.1. The first kappa shape index (κ1) is 17.4. The highest BCUT2D eigenvalue weighted by Crippen LogP contribution is 2.30. The number of rotatable bonds is 5. The molecule has 0 aliphatic carbocycles. The number of fused-ring (bicyclic) bond motifs is 1. The third-order valence-corrected chi connectivity index (χ3v) is 5.33. The van der Waals surface area contributed by atoms with Crippen molar-refractivity contribution in [2.45, 2.75) is 12.8 Å². The highest BCUT2D eigenvalue weighted by molar-refractivity contribution is 5.95. The summed E-state index contributed by atoms with van der Waals surface area (Å²) in [5.74, 6) is 0. The minimum atomic E-state index is 0.727. The van der Waals surface area contributed by atoms with Crippen LogP contribution in [-0.2, 0) is 0 Å². The van der Waals surface area contributed by atoms with Gasteiger partial charge in [0, 0.05) is 36.4 Å². The standard InChI is InChI=1S/C23H22N6/c1-16(26-19-5-4-8-24-14-19)23-21-12-17(6-7-22(21)27-28-23)18-11-20(15-25-13-18)29-9-2-3-10-29/h4-8,11-15,26H,1-3,9-10H2,(H,27,28). The van der Waals surface area contributed by atoms with Crippen LogP contribution in [-0.4, -0.2) is 33.3 Å². The van der Waals surface area contributed by atoms with Crippen LogP contribution in [0.25, 0.3) is 27.7 Å². The lowest BCUT2D eigenvalue weighted by molar-refractivity contribution is 0.949. The minimum Gasteiger partial charge on any atom is -0.370 e. The maximum absolute atomic E-state index is 4.48. The van der Waals surface area contributed by atoms with Crippen molar-refractivity contribution in [1.82, 2.24) is 20.2 Å². The van der Waals surface area contributed by atoms with Crippen LogP contribution in [0.3, 0.4) is 0 Å². The third-order valence-electron chi connectivity index (χ3n) is 5.33. The molecule has 1 aliphatic heterocycles. The van der Waals surface area contributed by atoms with E-state index in [1.165, 1.54) is 18.5 Å². The van der Waals surface area contributed by atoms with Crippen molar-refractivity contribution in [2.24, 2.45) is 0 Å². The Bertz CT molecular complexity index is 1160. The molecule has 29 heavy (non-hydrogen) atoms. The molecule has 5 rings (SSSR count). The number of H-pyrrole nitrogens is 1. The molecule has 0 unspecified atom stereocenters. The van der Waals surface area contributed by atoms with Gasteiger partial charge in [0.1, 0.15) is 5.69 Å². The fourth-order valence-electron chi connectivity index (χ4n) is 3.83. The van der Waals surface area contributed by atoms with Crippen LogP contribution in [0.1, 0.15) is 18.5 Å². The Hall–Kier alpha value is -3.67. The Labute approximate surface area is 169 Å². The fraction of sp³-hybridized carbons (Fsp3) is 0.174. The molecule has 4 aromatic rings. The number of pyridine rings is 2. The Morgan fingerprint density at radius 3 is 2.72 bits per heavy atom. The summed E-state index contributed by atoms with van der Waals surface area (Å²) in [6.07, 6.45) is 9.89. The molecule has 1 aromatic carbocycles. The van der Waals surface area contributed by atoms with Gasteiger partial charge in [-0.25, -0.2) is 0 Å². The van der Waals surface area contributed by atoms with Gasteiger partial charge < -0.3 is 10.2 Å². The number of aromatic amines is 1. The lowest BCUT2D eigenvalue weighted by Crippen LogP contribution is -2.17. The Balaban J connectivity index is 1.48. The van der Waals surface area contributed by atoms with Gasteiger partial charge in [-0.1, -0.05) is 12.6 Å².